The highest BCUT2D eigenvalue weighted by molar-refractivity contribution is 5.94. The number of carboxylic acid groups (broad SMARTS) is 1. The van der Waals surface area contributed by atoms with Crippen LogP contribution in [0.15, 0.2) is 42.5 Å². The molecule has 0 unspecified atom stereocenters. The van der Waals surface area contributed by atoms with Gasteiger partial charge in [0.25, 0.3) is 0 Å². The summed E-state index contributed by atoms with van der Waals surface area (Å²) in [6.45, 7) is 0. The van der Waals surface area contributed by atoms with Crippen molar-refractivity contribution in [1.82, 2.24) is 0 Å². The molecule has 0 aliphatic heterocycles. The molecule has 0 heterocycles. The summed E-state index contributed by atoms with van der Waals surface area (Å²) in [5.74, 6) is -1.38. The van der Waals surface area contributed by atoms with E-state index in [1.54, 1.807) is 24.3 Å². The fourth-order valence-corrected chi connectivity index (χ4v) is 1.82. The number of carboxylic acids is 1. The van der Waals surface area contributed by atoms with Gasteiger partial charge in [-0.1, -0.05) is 24.3 Å². The third-order valence-electron chi connectivity index (χ3n) is 2.71. The molecule has 2 aromatic carbocycles. The Balaban J connectivity index is 2.35. The van der Waals surface area contributed by atoms with Gasteiger partial charge >= 0.3 is 5.97 Å². The van der Waals surface area contributed by atoms with Crippen molar-refractivity contribution in [2.75, 3.05) is 5.73 Å². The largest absolute Gasteiger partial charge is 0.478 e. The van der Waals surface area contributed by atoms with Crippen molar-refractivity contribution in [3.8, 4) is 0 Å². The van der Waals surface area contributed by atoms with Gasteiger partial charge < -0.3 is 10.8 Å². The van der Waals surface area contributed by atoms with Crippen LogP contribution in [-0.4, -0.2) is 11.1 Å². The summed E-state index contributed by atoms with van der Waals surface area (Å²) in [5, 5.41) is 8.96. The average Bonchev–Trinajstić information content (AvgIpc) is 2.31. The van der Waals surface area contributed by atoms with E-state index in [9.17, 15) is 9.18 Å². The van der Waals surface area contributed by atoms with E-state index in [1.165, 1.54) is 18.2 Å². The maximum Gasteiger partial charge on any atom is 0.337 e. The van der Waals surface area contributed by atoms with E-state index >= 15 is 0 Å². The van der Waals surface area contributed by atoms with Gasteiger partial charge in [0, 0.05) is 5.69 Å². The molecule has 0 saturated heterocycles. The minimum atomic E-state index is -1.06. The van der Waals surface area contributed by atoms with E-state index in [4.69, 9.17) is 10.8 Å². The van der Waals surface area contributed by atoms with Gasteiger partial charge in [-0.15, -0.1) is 0 Å². The van der Waals surface area contributed by atoms with Crippen molar-refractivity contribution < 1.29 is 14.3 Å². The lowest BCUT2D eigenvalue weighted by Gasteiger charge is -2.08. The average molecular weight is 245 g/mol. The molecule has 3 N–H and O–H groups in total. The molecule has 0 amide bonds. The van der Waals surface area contributed by atoms with Gasteiger partial charge in [0.05, 0.1) is 5.56 Å². The molecule has 0 aromatic heterocycles. The third-order valence-corrected chi connectivity index (χ3v) is 2.71. The molecule has 92 valence electrons. The van der Waals surface area contributed by atoms with E-state index < -0.39 is 5.97 Å². The van der Waals surface area contributed by atoms with Crippen LogP contribution >= 0.6 is 0 Å². The van der Waals surface area contributed by atoms with Crippen LogP contribution in [0.4, 0.5) is 10.1 Å². The zero-order valence-electron chi connectivity index (χ0n) is 9.56. The fraction of sp³-hybridized carbons (Fsp3) is 0.0714. The first-order chi connectivity index (χ1) is 8.58. The number of carbonyl (C=O) groups is 1. The van der Waals surface area contributed by atoms with Gasteiger partial charge in [0.1, 0.15) is 5.82 Å². The Morgan fingerprint density at radius 1 is 1.22 bits per heavy atom. The molecule has 0 radical (unpaired) electrons. The number of benzene rings is 2. The summed E-state index contributed by atoms with van der Waals surface area (Å²) < 4.78 is 13.1. The highest BCUT2D eigenvalue weighted by atomic mass is 19.1. The van der Waals surface area contributed by atoms with Crippen LogP contribution in [0.3, 0.4) is 0 Å². The van der Waals surface area contributed by atoms with Crippen LogP contribution in [-0.2, 0) is 6.42 Å². The Kier molecular flexibility index (Phi) is 3.28. The van der Waals surface area contributed by atoms with Crippen LogP contribution in [0.5, 0.6) is 0 Å². The molecular weight excluding hydrogens is 233 g/mol. The molecule has 4 heteroatoms. The number of aromatic carboxylic acids is 1. The zero-order valence-corrected chi connectivity index (χ0v) is 9.56. The normalized spacial score (nSPS) is 10.3. The number of para-hydroxylation sites is 1. The zero-order chi connectivity index (χ0) is 13.1. The standard InChI is InChI=1S/C14H12FNO2/c15-11-5-1-3-9(8-11)7-10-4-2-6-12(13(10)16)14(17)18/h1-6,8H,7,16H2,(H,17,18). The minimum absolute atomic E-state index is 0.0731. The molecule has 0 saturated carbocycles. The van der Waals surface area contributed by atoms with Crippen molar-refractivity contribution >= 4 is 11.7 Å². The molecule has 2 aromatic rings. The first-order valence-electron chi connectivity index (χ1n) is 5.43. The number of rotatable bonds is 3. The Hall–Kier alpha value is -2.36. The van der Waals surface area contributed by atoms with E-state index in [2.05, 4.69) is 0 Å². The number of hydrogen-bond acceptors (Lipinski definition) is 2. The number of nitrogen functional groups attached to an aromatic ring is 1. The van der Waals surface area contributed by atoms with Gasteiger partial charge in [0.15, 0.2) is 0 Å². The van der Waals surface area contributed by atoms with Gasteiger partial charge in [0.2, 0.25) is 0 Å². The summed E-state index contributed by atoms with van der Waals surface area (Å²) in [4.78, 5) is 10.9. The number of hydrogen-bond donors (Lipinski definition) is 2. The molecule has 3 nitrogen and oxygen atoms in total. The lowest BCUT2D eigenvalue weighted by atomic mass is 10.0. The molecule has 0 aliphatic rings. The molecule has 0 spiro atoms. The van der Waals surface area contributed by atoms with Crippen LogP contribution in [0.2, 0.25) is 0 Å². The molecule has 0 atom stereocenters. The summed E-state index contributed by atoms with van der Waals surface area (Å²) in [6, 6.07) is 11.0. The van der Waals surface area contributed by atoms with Gasteiger partial charge in [-0.2, -0.15) is 0 Å². The van der Waals surface area contributed by atoms with Crippen molar-refractivity contribution in [1.29, 1.82) is 0 Å². The summed E-state index contributed by atoms with van der Waals surface area (Å²) in [5.41, 5.74) is 7.53. The Bertz CT molecular complexity index is 596. The third kappa shape index (κ3) is 2.48. The number of nitrogens with two attached hydrogens (primary N) is 1. The summed E-state index contributed by atoms with van der Waals surface area (Å²) >= 11 is 0. The highest BCUT2D eigenvalue weighted by Crippen LogP contribution is 2.21. The van der Waals surface area contributed by atoms with E-state index in [0.29, 0.717) is 12.0 Å². The first-order valence-corrected chi connectivity index (χ1v) is 5.43. The summed E-state index contributed by atoms with van der Waals surface area (Å²) in [6.07, 6.45) is 0.407. The van der Waals surface area contributed by atoms with Gasteiger partial charge in [-0.05, 0) is 35.7 Å². The van der Waals surface area contributed by atoms with Gasteiger partial charge in [-0.3, -0.25) is 0 Å². The highest BCUT2D eigenvalue weighted by Gasteiger charge is 2.11. The topological polar surface area (TPSA) is 63.3 Å². The van der Waals surface area contributed by atoms with Crippen molar-refractivity contribution in [2.24, 2.45) is 0 Å². The second-order valence-corrected chi connectivity index (χ2v) is 3.99. The minimum Gasteiger partial charge on any atom is -0.478 e. The Morgan fingerprint density at radius 2 is 1.94 bits per heavy atom. The molecular formula is C14H12FNO2. The molecule has 18 heavy (non-hydrogen) atoms. The van der Waals surface area contributed by atoms with Crippen molar-refractivity contribution in [3.05, 3.63) is 65.0 Å². The number of halogens is 1. The second kappa shape index (κ2) is 4.87. The van der Waals surface area contributed by atoms with E-state index in [0.717, 1.165) is 5.56 Å². The first kappa shape index (κ1) is 12.1. The van der Waals surface area contributed by atoms with Crippen LogP contribution < -0.4 is 5.73 Å². The lowest BCUT2D eigenvalue weighted by molar-refractivity contribution is 0.0698. The number of anilines is 1. The Morgan fingerprint density at radius 3 is 2.61 bits per heavy atom. The SMILES string of the molecule is Nc1c(Cc2cccc(F)c2)cccc1C(=O)O. The van der Waals surface area contributed by atoms with Crippen LogP contribution in [0.25, 0.3) is 0 Å². The monoisotopic (exact) mass is 245 g/mol. The summed E-state index contributed by atoms with van der Waals surface area (Å²) in [7, 11) is 0. The molecule has 0 bridgehead atoms. The second-order valence-electron chi connectivity index (χ2n) is 3.99. The maximum absolute atomic E-state index is 13.1. The van der Waals surface area contributed by atoms with Crippen molar-refractivity contribution in [2.45, 2.75) is 6.42 Å². The van der Waals surface area contributed by atoms with Gasteiger partial charge in [-0.25, -0.2) is 9.18 Å². The maximum atomic E-state index is 13.1. The quantitative estimate of drug-likeness (QED) is 0.817. The van der Waals surface area contributed by atoms with Crippen molar-refractivity contribution in [3.63, 3.8) is 0 Å². The Labute approximate surface area is 104 Å². The molecule has 0 aliphatic carbocycles. The van der Waals surface area contributed by atoms with E-state index in [1.807, 2.05) is 0 Å². The molecule has 0 fully saturated rings. The predicted octanol–water partition coefficient (Wildman–Crippen LogP) is 2.70. The smallest absolute Gasteiger partial charge is 0.337 e. The predicted molar refractivity (Wildman–Crippen MR) is 67.0 cm³/mol. The van der Waals surface area contributed by atoms with Crippen LogP contribution in [0, 0.1) is 5.82 Å². The van der Waals surface area contributed by atoms with Crippen LogP contribution in [0.1, 0.15) is 21.5 Å². The fourth-order valence-electron chi connectivity index (χ4n) is 1.82. The molecule has 2 rings (SSSR count). The van der Waals surface area contributed by atoms with E-state index in [-0.39, 0.29) is 17.1 Å². The lowest BCUT2D eigenvalue weighted by Crippen LogP contribution is -2.05.